The highest BCUT2D eigenvalue weighted by atomic mass is 32.1. The molecule has 2 aromatic rings. The zero-order valence-electron chi connectivity index (χ0n) is 16.8. The Bertz CT molecular complexity index is 433. The minimum Gasteiger partial charge on any atom is -0.253 e. The van der Waals surface area contributed by atoms with E-state index < -0.39 is 0 Å². The quantitative estimate of drug-likeness (QED) is 0.275. The van der Waals surface area contributed by atoms with E-state index >= 15 is 0 Å². The molecule has 1 nitrogen and oxygen atoms in total. The molecular weight excluding hydrogens is 354 g/mol. The third-order valence-electron chi connectivity index (χ3n) is 4.75. The molecule has 0 amide bonds. The number of hydrogen-bond acceptors (Lipinski definition) is 3. The van der Waals surface area contributed by atoms with Crippen molar-refractivity contribution in [2.24, 2.45) is 0 Å². The molecule has 0 aliphatic heterocycles. The van der Waals surface area contributed by atoms with Crippen LogP contribution in [0.25, 0.3) is 0 Å². The van der Waals surface area contributed by atoms with Crippen molar-refractivity contribution in [3.63, 3.8) is 0 Å². The van der Waals surface area contributed by atoms with E-state index in [4.69, 9.17) is 0 Å². The number of hydrogen-bond donors (Lipinski definition) is 0. The standard InChI is InChI=1S/C20H36S.C3H3NS/c1-2-3-4-5-6-7-8-9-10-11-12-13-14-15-16-20-17-18-21-19-20;1-2-5-3-4-1/h17-19H,2-16H2,1H3;1-3H. The number of thiophene rings is 1. The first-order chi connectivity index (χ1) is 12.9. The molecule has 2 rings (SSSR count). The molecule has 0 radical (unpaired) electrons. The van der Waals surface area contributed by atoms with Crippen LogP contribution in [0.4, 0.5) is 0 Å². The molecule has 2 aromatic heterocycles. The Morgan fingerprint density at radius 2 is 1.27 bits per heavy atom. The summed E-state index contributed by atoms with van der Waals surface area (Å²) in [5, 5.41) is 6.42. The van der Waals surface area contributed by atoms with Gasteiger partial charge in [0.05, 0.1) is 5.51 Å². The Balaban J connectivity index is 0.000000577. The van der Waals surface area contributed by atoms with Gasteiger partial charge in [-0.05, 0) is 35.2 Å². The van der Waals surface area contributed by atoms with Gasteiger partial charge in [-0.2, -0.15) is 11.3 Å². The smallest absolute Gasteiger partial charge is 0.0791 e. The maximum absolute atomic E-state index is 3.74. The van der Waals surface area contributed by atoms with E-state index in [1.54, 1.807) is 28.6 Å². The lowest BCUT2D eigenvalue weighted by molar-refractivity contribution is 0.535. The number of thiazole rings is 1. The predicted octanol–water partition coefficient (Wildman–Crippen LogP) is 8.92. The molecule has 3 heteroatoms. The summed E-state index contributed by atoms with van der Waals surface area (Å²) in [6.07, 6.45) is 23.3. The summed E-state index contributed by atoms with van der Waals surface area (Å²) in [5.74, 6) is 0. The molecule has 0 aromatic carbocycles. The van der Waals surface area contributed by atoms with Gasteiger partial charge in [0.25, 0.3) is 0 Å². The number of aromatic nitrogens is 1. The Morgan fingerprint density at radius 1 is 0.692 bits per heavy atom. The van der Waals surface area contributed by atoms with Gasteiger partial charge in [0, 0.05) is 11.6 Å². The average molecular weight is 394 g/mol. The van der Waals surface area contributed by atoms with Gasteiger partial charge in [0.15, 0.2) is 0 Å². The molecule has 0 aliphatic rings. The second kappa shape index (κ2) is 19.1. The van der Waals surface area contributed by atoms with Gasteiger partial charge < -0.3 is 0 Å². The normalized spacial score (nSPS) is 10.5. The van der Waals surface area contributed by atoms with Crippen LogP contribution < -0.4 is 0 Å². The predicted molar refractivity (Wildman–Crippen MR) is 120 cm³/mol. The Labute approximate surface area is 170 Å². The van der Waals surface area contributed by atoms with Crippen molar-refractivity contribution in [3.8, 4) is 0 Å². The summed E-state index contributed by atoms with van der Waals surface area (Å²) in [6.45, 7) is 2.29. The van der Waals surface area contributed by atoms with Gasteiger partial charge in [-0.1, -0.05) is 90.4 Å². The minimum absolute atomic E-state index is 1.29. The lowest BCUT2D eigenvalue weighted by Crippen LogP contribution is -1.85. The molecular formula is C23H39NS2. The van der Waals surface area contributed by atoms with Crippen LogP contribution in [0.3, 0.4) is 0 Å². The monoisotopic (exact) mass is 393 g/mol. The number of nitrogens with zero attached hydrogens (tertiary/aromatic N) is 1. The van der Waals surface area contributed by atoms with Crippen LogP contribution in [-0.2, 0) is 6.42 Å². The first kappa shape index (κ1) is 23.4. The summed E-state index contributed by atoms with van der Waals surface area (Å²) in [7, 11) is 0. The first-order valence-electron chi connectivity index (χ1n) is 10.8. The van der Waals surface area contributed by atoms with Crippen molar-refractivity contribution in [1.82, 2.24) is 4.98 Å². The van der Waals surface area contributed by atoms with Crippen LogP contribution >= 0.6 is 22.7 Å². The third-order valence-corrected chi connectivity index (χ3v) is 6.00. The van der Waals surface area contributed by atoms with Crippen LogP contribution in [0.1, 0.15) is 102 Å². The van der Waals surface area contributed by atoms with Gasteiger partial charge in [0.2, 0.25) is 0 Å². The first-order valence-corrected chi connectivity index (χ1v) is 12.6. The average Bonchev–Trinajstić information content (AvgIpc) is 3.38. The van der Waals surface area contributed by atoms with E-state index in [0.29, 0.717) is 0 Å². The molecule has 26 heavy (non-hydrogen) atoms. The zero-order valence-corrected chi connectivity index (χ0v) is 18.5. The van der Waals surface area contributed by atoms with E-state index in [9.17, 15) is 0 Å². The van der Waals surface area contributed by atoms with Crippen molar-refractivity contribution in [2.75, 3.05) is 0 Å². The fourth-order valence-corrected chi connectivity index (χ4v) is 4.19. The molecule has 0 saturated heterocycles. The second-order valence-corrected chi connectivity index (χ2v) is 8.69. The summed E-state index contributed by atoms with van der Waals surface area (Å²) >= 11 is 3.43. The summed E-state index contributed by atoms with van der Waals surface area (Å²) in [4.78, 5) is 3.74. The maximum atomic E-state index is 3.74. The molecule has 0 atom stereocenters. The lowest BCUT2D eigenvalue weighted by atomic mass is 10.0. The van der Waals surface area contributed by atoms with E-state index in [-0.39, 0.29) is 0 Å². The molecule has 0 bridgehead atoms. The van der Waals surface area contributed by atoms with Gasteiger partial charge in [-0.3, -0.25) is 4.98 Å². The second-order valence-electron chi connectivity index (χ2n) is 7.15. The highest BCUT2D eigenvalue weighted by molar-refractivity contribution is 7.08. The fraction of sp³-hybridized carbons (Fsp3) is 0.696. The number of rotatable bonds is 15. The van der Waals surface area contributed by atoms with Crippen molar-refractivity contribution in [1.29, 1.82) is 0 Å². The van der Waals surface area contributed by atoms with Crippen molar-refractivity contribution in [2.45, 2.75) is 103 Å². The van der Waals surface area contributed by atoms with Crippen molar-refractivity contribution < 1.29 is 0 Å². The van der Waals surface area contributed by atoms with Gasteiger partial charge >= 0.3 is 0 Å². The zero-order chi connectivity index (χ0) is 18.5. The molecule has 0 unspecified atom stereocenters. The van der Waals surface area contributed by atoms with E-state index in [0.717, 1.165) is 0 Å². The van der Waals surface area contributed by atoms with Crippen molar-refractivity contribution >= 4 is 22.7 Å². The largest absolute Gasteiger partial charge is 0.253 e. The van der Waals surface area contributed by atoms with Gasteiger partial charge in [0.1, 0.15) is 0 Å². The summed E-state index contributed by atoms with van der Waals surface area (Å²) in [5.41, 5.74) is 3.33. The van der Waals surface area contributed by atoms with E-state index in [1.165, 1.54) is 96.3 Å². The van der Waals surface area contributed by atoms with Crippen LogP contribution in [0.15, 0.2) is 33.9 Å². The van der Waals surface area contributed by atoms with Crippen LogP contribution in [0.5, 0.6) is 0 Å². The molecule has 0 spiro atoms. The molecule has 0 fully saturated rings. The van der Waals surface area contributed by atoms with Crippen LogP contribution in [0, 0.1) is 0 Å². The topological polar surface area (TPSA) is 12.9 Å². The highest BCUT2D eigenvalue weighted by Crippen LogP contribution is 2.14. The molecule has 148 valence electrons. The van der Waals surface area contributed by atoms with Crippen molar-refractivity contribution in [3.05, 3.63) is 39.5 Å². The minimum atomic E-state index is 1.29. The van der Waals surface area contributed by atoms with E-state index in [2.05, 4.69) is 28.7 Å². The summed E-state index contributed by atoms with van der Waals surface area (Å²) in [6, 6.07) is 2.27. The maximum Gasteiger partial charge on any atom is 0.0791 e. The van der Waals surface area contributed by atoms with Gasteiger partial charge in [-0.25, -0.2) is 0 Å². The van der Waals surface area contributed by atoms with Crippen LogP contribution in [-0.4, -0.2) is 4.98 Å². The SMILES string of the molecule is CCCCCCCCCCCCCCCCc1ccsc1.c1cscn1. The fourth-order valence-electron chi connectivity index (χ4n) is 3.13. The molecule has 0 aliphatic carbocycles. The highest BCUT2D eigenvalue weighted by Gasteiger charge is 1.95. The Morgan fingerprint density at radius 3 is 1.65 bits per heavy atom. The van der Waals surface area contributed by atoms with Gasteiger partial charge in [-0.15, -0.1) is 11.3 Å². The lowest BCUT2D eigenvalue weighted by Gasteiger charge is -2.03. The molecule has 0 saturated carbocycles. The third kappa shape index (κ3) is 15.6. The Hall–Kier alpha value is -0.670. The van der Waals surface area contributed by atoms with E-state index in [1.807, 2.05) is 16.7 Å². The molecule has 2 heterocycles. The summed E-state index contributed by atoms with van der Waals surface area (Å²) < 4.78 is 0. The number of unbranched alkanes of at least 4 members (excludes halogenated alkanes) is 13. The van der Waals surface area contributed by atoms with Crippen LogP contribution in [0.2, 0.25) is 0 Å². The Kier molecular flexibility index (Phi) is 17.2. The number of aryl methyl sites for hydroxylation is 1. The molecule has 0 N–H and O–H groups in total.